The Kier molecular flexibility index (Phi) is 5.47. The van der Waals surface area contributed by atoms with Gasteiger partial charge in [0.05, 0.1) is 17.2 Å². The maximum atomic E-state index is 12.4. The normalized spacial score (nSPS) is 12.4. The summed E-state index contributed by atoms with van der Waals surface area (Å²) in [5.41, 5.74) is 1.11. The minimum absolute atomic E-state index is 0.0270. The van der Waals surface area contributed by atoms with E-state index in [0.29, 0.717) is 4.88 Å². The Hall–Kier alpha value is -1.72. The van der Waals surface area contributed by atoms with E-state index in [4.69, 9.17) is 0 Å². The number of rotatable bonds is 6. The molecule has 0 saturated heterocycles. The van der Waals surface area contributed by atoms with Gasteiger partial charge in [0, 0.05) is 6.54 Å². The number of hydrogen-bond donors (Lipinski definition) is 1. The summed E-state index contributed by atoms with van der Waals surface area (Å²) in [5, 5.41) is 4.10. The molecular formula is C16H21N3OS. The van der Waals surface area contributed by atoms with Crippen LogP contribution in [0, 0.1) is 0 Å². The molecule has 1 N–H and O–H groups in total. The first-order chi connectivity index (χ1) is 10.1. The van der Waals surface area contributed by atoms with Crippen molar-refractivity contribution in [1.29, 1.82) is 0 Å². The van der Waals surface area contributed by atoms with E-state index in [1.165, 1.54) is 11.3 Å². The summed E-state index contributed by atoms with van der Waals surface area (Å²) in [7, 11) is 4.01. The fraction of sp³-hybridized carbons (Fsp3) is 0.375. The van der Waals surface area contributed by atoms with Gasteiger partial charge in [-0.1, -0.05) is 37.3 Å². The first kappa shape index (κ1) is 15.7. The van der Waals surface area contributed by atoms with Crippen molar-refractivity contribution in [2.45, 2.75) is 19.4 Å². The first-order valence-corrected chi connectivity index (χ1v) is 7.87. The number of likely N-dealkylation sites (N-methyl/N-ethyl adjacent to an activating group) is 1. The van der Waals surface area contributed by atoms with Crippen LogP contribution >= 0.6 is 11.3 Å². The van der Waals surface area contributed by atoms with Gasteiger partial charge in [-0.05, 0) is 26.1 Å². The molecule has 4 nitrogen and oxygen atoms in total. The number of carbonyl (C=O) groups is 1. The summed E-state index contributed by atoms with van der Waals surface area (Å²) in [4.78, 5) is 19.4. The summed E-state index contributed by atoms with van der Waals surface area (Å²) in [6.45, 7) is 2.80. The van der Waals surface area contributed by atoms with Crippen molar-refractivity contribution in [3.63, 3.8) is 0 Å². The zero-order valence-electron chi connectivity index (χ0n) is 12.7. The standard InChI is InChI=1S/C16H21N3OS/c1-4-15-17-10-14(21-15)16(20)18-13(11-19(2)3)12-8-6-5-7-9-12/h5-10,13H,4,11H2,1-3H3,(H,18,20). The van der Waals surface area contributed by atoms with Gasteiger partial charge in [0.1, 0.15) is 4.88 Å². The van der Waals surface area contributed by atoms with Crippen LogP contribution in [0.4, 0.5) is 0 Å². The quantitative estimate of drug-likeness (QED) is 0.892. The average Bonchev–Trinajstić information content (AvgIpc) is 2.96. The van der Waals surface area contributed by atoms with Crippen molar-refractivity contribution in [2.75, 3.05) is 20.6 Å². The second-order valence-electron chi connectivity index (χ2n) is 5.17. The fourth-order valence-corrected chi connectivity index (χ4v) is 2.85. The van der Waals surface area contributed by atoms with Gasteiger partial charge in [-0.15, -0.1) is 11.3 Å². The Morgan fingerprint density at radius 2 is 2.05 bits per heavy atom. The first-order valence-electron chi connectivity index (χ1n) is 7.05. The maximum Gasteiger partial charge on any atom is 0.263 e. The molecule has 0 saturated carbocycles. The second kappa shape index (κ2) is 7.33. The largest absolute Gasteiger partial charge is 0.343 e. The van der Waals surface area contributed by atoms with E-state index in [2.05, 4.69) is 15.2 Å². The highest BCUT2D eigenvalue weighted by atomic mass is 32.1. The lowest BCUT2D eigenvalue weighted by Gasteiger charge is -2.22. The van der Waals surface area contributed by atoms with Crippen LogP contribution in [0.5, 0.6) is 0 Å². The van der Waals surface area contributed by atoms with Crippen LogP contribution in [0.15, 0.2) is 36.5 Å². The van der Waals surface area contributed by atoms with Gasteiger partial charge in [-0.3, -0.25) is 4.79 Å². The minimum atomic E-state index is -0.0529. The summed E-state index contributed by atoms with van der Waals surface area (Å²) in [6, 6.07) is 10.0. The summed E-state index contributed by atoms with van der Waals surface area (Å²) in [6.07, 6.45) is 2.52. The van der Waals surface area contributed by atoms with Gasteiger partial charge in [0.2, 0.25) is 0 Å². The highest BCUT2D eigenvalue weighted by Gasteiger charge is 2.18. The highest BCUT2D eigenvalue weighted by Crippen LogP contribution is 2.17. The van der Waals surface area contributed by atoms with E-state index < -0.39 is 0 Å². The maximum absolute atomic E-state index is 12.4. The van der Waals surface area contributed by atoms with Gasteiger partial charge in [0.25, 0.3) is 5.91 Å². The number of hydrogen-bond acceptors (Lipinski definition) is 4. The van der Waals surface area contributed by atoms with Crippen LogP contribution in [0.3, 0.4) is 0 Å². The number of benzene rings is 1. The van der Waals surface area contributed by atoms with Gasteiger partial charge in [0.15, 0.2) is 0 Å². The molecule has 2 rings (SSSR count). The molecule has 21 heavy (non-hydrogen) atoms. The van der Waals surface area contributed by atoms with E-state index in [1.807, 2.05) is 51.4 Å². The van der Waals surface area contributed by atoms with Gasteiger partial charge in [-0.25, -0.2) is 4.98 Å². The van der Waals surface area contributed by atoms with Crippen LogP contribution < -0.4 is 5.32 Å². The number of amides is 1. The molecule has 1 amide bonds. The van der Waals surface area contributed by atoms with E-state index in [9.17, 15) is 4.79 Å². The molecule has 0 spiro atoms. The van der Waals surface area contributed by atoms with Crippen LogP contribution in [0.2, 0.25) is 0 Å². The monoisotopic (exact) mass is 303 g/mol. The predicted molar refractivity (Wildman–Crippen MR) is 86.7 cm³/mol. The Bertz CT molecular complexity index is 580. The summed E-state index contributed by atoms with van der Waals surface area (Å²) >= 11 is 1.46. The highest BCUT2D eigenvalue weighted by molar-refractivity contribution is 7.13. The number of aryl methyl sites for hydroxylation is 1. The van der Waals surface area contributed by atoms with E-state index in [0.717, 1.165) is 23.5 Å². The zero-order chi connectivity index (χ0) is 15.2. The third-order valence-corrected chi connectivity index (χ3v) is 4.28. The molecule has 2 aromatic rings. The molecule has 112 valence electrons. The number of carbonyl (C=O) groups excluding carboxylic acids is 1. The van der Waals surface area contributed by atoms with Crippen LogP contribution in [0.25, 0.3) is 0 Å². The molecule has 0 fully saturated rings. The van der Waals surface area contributed by atoms with Crippen LogP contribution in [0.1, 0.15) is 33.2 Å². The van der Waals surface area contributed by atoms with Crippen molar-refractivity contribution >= 4 is 17.2 Å². The molecule has 0 aliphatic carbocycles. The molecule has 1 atom stereocenters. The molecule has 0 aliphatic rings. The lowest BCUT2D eigenvalue weighted by atomic mass is 10.1. The molecule has 0 aliphatic heterocycles. The smallest absolute Gasteiger partial charge is 0.263 e. The second-order valence-corrected chi connectivity index (χ2v) is 6.29. The number of thiazole rings is 1. The number of nitrogens with zero attached hydrogens (tertiary/aromatic N) is 2. The van der Waals surface area contributed by atoms with Crippen LogP contribution in [-0.2, 0) is 6.42 Å². The Balaban J connectivity index is 2.13. The lowest BCUT2D eigenvalue weighted by Crippen LogP contribution is -2.34. The Labute approximate surface area is 129 Å². The van der Waals surface area contributed by atoms with Crippen molar-refractivity contribution < 1.29 is 4.79 Å². The third kappa shape index (κ3) is 4.37. The predicted octanol–water partition coefficient (Wildman–Crippen LogP) is 2.74. The SMILES string of the molecule is CCc1ncc(C(=O)NC(CN(C)C)c2ccccc2)s1. The average molecular weight is 303 g/mol. The molecule has 5 heteroatoms. The van der Waals surface area contributed by atoms with Gasteiger partial charge >= 0.3 is 0 Å². The summed E-state index contributed by atoms with van der Waals surface area (Å²) in [5.74, 6) is -0.0529. The van der Waals surface area contributed by atoms with Crippen molar-refractivity contribution in [3.05, 3.63) is 52.0 Å². The van der Waals surface area contributed by atoms with Crippen molar-refractivity contribution in [3.8, 4) is 0 Å². The van der Waals surface area contributed by atoms with E-state index >= 15 is 0 Å². The summed E-state index contributed by atoms with van der Waals surface area (Å²) < 4.78 is 0. The zero-order valence-corrected chi connectivity index (χ0v) is 13.5. The van der Waals surface area contributed by atoms with E-state index in [1.54, 1.807) is 6.20 Å². The molecule has 0 radical (unpaired) electrons. The number of aromatic nitrogens is 1. The van der Waals surface area contributed by atoms with Gasteiger partial charge < -0.3 is 10.2 Å². The molecular weight excluding hydrogens is 282 g/mol. The lowest BCUT2D eigenvalue weighted by molar-refractivity contribution is 0.0934. The third-order valence-electron chi connectivity index (χ3n) is 3.13. The van der Waals surface area contributed by atoms with E-state index in [-0.39, 0.29) is 11.9 Å². The molecule has 1 heterocycles. The molecule has 1 aromatic heterocycles. The molecule has 1 aromatic carbocycles. The van der Waals surface area contributed by atoms with Crippen molar-refractivity contribution in [1.82, 2.24) is 15.2 Å². The van der Waals surface area contributed by atoms with Gasteiger partial charge in [-0.2, -0.15) is 0 Å². The van der Waals surface area contributed by atoms with Crippen LogP contribution in [-0.4, -0.2) is 36.4 Å². The Morgan fingerprint density at radius 1 is 1.33 bits per heavy atom. The topological polar surface area (TPSA) is 45.2 Å². The van der Waals surface area contributed by atoms with Crippen molar-refractivity contribution in [2.24, 2.45) is 0 Å². The fourth-order valence-electron chi connectivity index (χ4n) is 2.09. The molecule has 1 unspecified atom stereocenters. The number of nitrogens with one attached hydrogen (secondary N) is 1. The molecule has 0 bridgehead atoms. The minimum Gasteiger partial charge on any atom is -0.343 e. The Morgan fingerprint density at radius 3 is 2.62 bits per heavy atom.